The summed E-state index contributed by atoms with van der Waals surface area (Å²) >= 11 is 1.15. The highest BCUT2D eigenvalue weighted by Gasteiger charge is 2.18. The van der Waals surface area contributed by atoms with Gasteiger partial charge in [0, 0.05) is 6.07 Å². The first-order valence-electron chi connectivity index (χ1n) is 7.63. The summed E-state index contributed by atoms with van der Waals surface area (Å²) in [5.41, 5.74) is 6.35. The first-order chi connectivity index (χ1) is 12.0. The average molecular weight is 355 g/mol. The van der Waals surface area contributed by atoms with Crippen molar-refractivity contribution >= 4 is 28.6 Å². The van der Waals surface area contributed by atoms with Crippen LogP contribution >= 0.6 is 11.8 Å². The molecular formula is C18H17N3O3S. The number of para-hydroxylation sites is 1. The molecule has 1 aromatic heterocycles. The Morgan fingerprint density at radius 3 is 2.72 bits per heavy atom. The third kappa shape index (κ3) is 3.36. The Morgan fingerprint density at radius 1 is 1.24 bits per heavy atom. The van der Waals surface area contributed by atoms with Gasteiger partial charge < -0.3 is 10.5 Å². The van der Waals surface area contributed by atoms with Crippen molar-refractivity contribution in [1.82, 2.24) is 9.55 Å². The normalized spacial score (nSPS) is 12.1. The predicted octanol–water partition coefficient (Wildman–Crippen LogP) is 2.36. The lowest BCUT2D eigenvalue weighted by atomic mass is 10.2. The van der Waals surface area contributed by atoms with Crippen molar-refractivity contribution in [2.45, 2.75) is 17.3 Å². The second kappa shape index (κ2) is 6.98. The van der Waals surface area contributed by atoms with Crippen LogP contribution in [0.3, 0.4) is 0 Å². The third-order valence-corrected chi connectivity index (χ3v) is 4.81. The van der Waals surface area contributed by atoms with Crippen molar-refractivity contribution in [2.75, 3.05) is 7.11 Å². The zero-order valence-corrected chi connectivity index (χ0v) is 14.6. The fourth-order valence-electron chi connectivity index (χ4n) is 2.38. The number of benzene rings is 2. The summed E-state index contributed by atoms with van der Waals surface area (Å²) in [4.78, 5) is 29.1. The van der Waals surface area contributed by atoms with Gasteiger partial charge in [-0.25, -0.2) is 4.98 Å². The van der Waals surface area contributed by atoms with Crippen LogP contribution in [0.1, 0.15) is 6.92 Å². The van der Waals surface area contributed by atoms with E-state index >= 15 is 0 Å². The molecule has 1 atom stereocenters. The van der Waals surface area contributed by atoms with E-state index in [0.717, 1.165) is 11.8 Å². The maximum absolute atomic E-state index is 13.1. The molecule has 6 nitrogen and oxygen atoms in total. The molecule has 25 heavy (non-hydrogen) atoms. The van der Waals surface area contributed by atoms with Crippen LogP contribution < -0.4 is 16.0 Å². The zero-order chi connectivity index (χ0) is 18.0. The molecule has 7 heteroatoms. The molecule has 0 bridgehead atoms. The summed E-state index contributed by atoms with van der Waals surface area (Å²) in [6.07, 6.45) is 0. The van der Waals surface area contributed by atoms with E-state index in [1.54, 1.807) is 56.5 Å². The van der Waals surface area contributed by atoms with E-state index < -0.39 is 11.2 Å². The van der Waals surface area contributed by atoms with Crippen LogP contribution in [0.4, 0.5) is 0 Å². The number of hydrogen-bond donors (Lipinski definition) is 1. The van der Waals surface area contributed by atoms with E-state index in [1.807, 2.05) is 6.07 Å². The van der Waals surface area contributed by atoms with Crippen molar-refractivity contribution in [1.29, 1.82) is 0 Å². The average Bonchev–Trinajstić information content (AvgIpc) is 2.62. The second-order valence-electron chi connectivity index (χ2n) is 5.42. The summed E-state index contributed by atoms with van der Waals surface area (Å²) in [6.45, 7) is 1.68. The van der Waals surface area contributed by atoms with Crippen molar-refractivity contribution in [3.63, 3.8) is 0 Å². The molecule has 0 saturated heterocycles. The maximum Gasteiger partial charge on any atom is 0.266 e. The molecule has 0 spiro atoms. The van der Waals surface area contributed by atoms with Crippen LogP contribution in [0.5, 0.6) is 5.75 Å². The molecular weight excluding hydrogens is 338 g/mol. The van der Waals surface area contributed by atoms with Gasteiger partial charge in [-0.3, -0.25) is 14.2 Å². The SMILES string of the molecule is COc1cccc(-n2c(S[C@H](C)C(N)=O)nc3ccccc3c2=O)c1. The van der Waals surface area contributed by atoms with E-state index in [-0.39, 0.29) is 5.56 Å². The van der Waals surface area contributed by atoms with E-state index in [2.05, 4.69) is 4.98 Å². The Kier molecular flexibility index (Phi) is 4.76. The Hall–Kier alpha value is -2.80. The third-order valence-electron chi connectivity index (χ3n) is 3.74. The van der Waals surface area contributed by atoms with Crippen molar-refractivity contribution in [3.05, 3.63) is 58.9 Å². The summed E-state index contributed by atoms with van der Waals surface area (Å²) in [7, 11) is 1.56. The highest BCUT2D eigenvalue weighted by molar-refractivity contribution is 8.00. The molecule has 3 rings (SSSR count). The van der Waals surface area contributed by atoms with E-state index in [0.29, 0.717) is 27.5 Å². The van der Waals surface area contributed by atoms with Crippen LogP contribution in [-0.2, 0) is 4.79 Å². The van der Waals surface area contributed by atoms with Crippen LogP contribution in [0.15, 0.2) is 58.5 Å². The van der Waals surface area contributed by atoms with Gasteiger partial charge in [0.1, 0.15) is 5.75 Å². The smallest absolute Gasteiger partial charge is 0.266 e. The molecule has 1 heterocycles. The molecule has 0 aliphatic rings. The van der Waals surface area contributed by atoms with Gasteiger partial charge in [-0.05, 0) is 31.2 Å². The number of aromatic nitrogens is 2. The predicted molar refractivity (Wildman–Crippen MR) is 98.4 cm³/mol. The van der Waals surface area contributed by atoms with Gasteiger partial charge in [0.15, 0.2) is 5.16 Å². The number of ether oxygens (including phenoxy) is 1. The molecule has 0 fully saturated rings. The Bertz CT molecular complexity index is 1000. The standard InChI is InChI=1S/C18H17N3O3S/c1-11(16(19)22)25-18-20-15-9-4-3-8-14(15)17(23)21(18)12-6-5-7-13(10-12)24-2/h3-11H,1-2H3,(H2,19,22)/t11-/m1/s1. The Labute approximate surface area is 148 Å². The molecule has 0 unspecified atom stereocenters. The molecule has 0 radical (unpaired) electrons. The Morgan fingerprint density at radius 2 is 2.00 bits per heavy atom. The largest absolute Gasteiger partial charge is 0.497 e. The molecule has 0 aliphatic heterocycles. The number of nitrogens with two attached hydrogens (primary N) is 1. The fraction of sp³-hybridized carbons (Fsp3) is 0.167. The number of primary amides is 1. The lowest BCUT2D eigenvalue weighted by molar-refractivity contribution is -0.117. The van der Waals surface area contributed by atoms with E-state index in [4.69, 9.17) is 10.5 Å². The summed E-state index contributed by atoms with van der Waals surface area (Å²) in [5, 5.41) is 0.384. The monoisotopic (exact) mass is 355 g/mol. The lowest BCUT2D eigenvalue weighted by Gasteiger charge is -2.15. The molecule has 2 aromatic carbocycles. The maximum atomic E-state index is 13.1. The van der Waals surface area contributed by atoms with Crippen molar-refractivity contribution < 1.29 is 9.53 Å². The van der Waals surface area contributed by atoms with Gasteiger partial charge in [-0.15, -0.1) is 0 Å². The second-order valence-corrected chi connectivity index (χ2v) is 6.72. The number of fused-ring (bicyclic) bond motifs is 1. The van der Waals surface area contributed by atoms with Crippen molar-refractivity contribution in [2.24, 2.45) is 5.73 Å². The summed E-state index contributed by atoms with van der Waals surface area (Å²) < 4.78 is 6.73. The first kappa shape index (κ1) is 17.0. The van der Waals surface area contributed by atoms with E-state index in [1.165, 1.54) is 4.57 Å². The molecule has 2 N–H and O–H groups in total. The first-order valence-corrected chi connectivity index (χ1v) is 8.51. The number of amides is 1. The number of carbonyl (C=O) groups excluding carboxylic acids is 1. The highest BCUT2D eigenvalue weighted by Crippen LogP contribution is 2.26. The van der Waals surface area contributed by atoms with Gasteiger partial charge >= 0.3 is 0 Å². The molecule has 128 valence electrons. The van der Waals surface area contributed by atoms with Gasteiger partial charge in [-0.2, -0.15) is 0 Å². The van der Waals surface area contributed by atoms with Crippen molar-refractivity contribution in [3.8, 4) is 11.4 Å². The van der Waals surface area contributed by atoms with Crippen LogP contribution in [0.2, 0.25) is 0 Å². The summed E-state index contributed by atoms with van der Waals surface area (Å²) in [6, 6.07) is 14.2. The number of carbonyl (C=O) groups is 1. The minimum absolute atomic E-state index is 0.210. The number of methoxy groups -OCH3 is 1. The van der Waals surface area contributed by atoms with Crippen LogP contribution in [0, 0.1) is 0 Å². The topological polar surface area (TPSA) is 87.2 Å². The molecule has 1 amide bonds. The number of nitrogens with zero attached hydrogens (tertiary/aromatic N) is 2. The number of hydrogen-bond acceptors (Lipinski definition) is 5. The molecule has 0 aliphatic carbocycles. The van der Waals surface area contributed by atoms with Gasteiger partial charge in [0.05, 0.1) is 29.0 Å². The number of thioether (sulfide) groups is 1. The minimum atomic E-state index is -0.523. The Balaban J connectivity index is 2.28. The lowest BCUT2D eigenvalue weighted by Crippen LogP contribution is -2.26. The van der Waals surface area contributed by atoms with Gasteiger partial charge in [0.25, 0.3) is 5.56 Å². The molecule has 3 aromatic rings. The molecule has 0 saturated carbocycles. The number of rotatable bonds is 5. The van der Waals surface area contributed by atoms with Gasteiger partial charge in [-0.1, -0.05) is 30.0 Å². The minimum Gasteiger partial charge on any atom is -0.497 e. The quantitative estimate of drug-likeness (QED) is 0.561. The van der Waals surface area contributed by atoms with Crippen LogP contribution in [0.25, 0.3) is 16.6 Å². The fourth-order valence-corrected chi connectivity index (χ4v) is 3.26. The van der Waals surface area contributed by atoms with Gasteiger partial charge in [0.2, 0.25) is 5.91 Å². The summed E-state index contributed by atoms with van der Waals surface area (Å²) in [5.74, 6) is 0.154. The highest BCUT2D eigenvalue weighted by atomic mass is 32.2. The zero-order valence-electron chi connectivity index (χ0n) is 13.8. The van der Waals surface area contributed by atoms with Crippen LogP contribution in [-0.4, -0.2) is 27.8 Å². The van der Waals surface area contributed by atoms with E-state index in [9.17, 15) is 9.59 Å².